The Hall–Kier alpha value is -0.390. The number of halogens is 1. The van der Waals surface area contributed by atoms with Crippen molar-refractivity contribution in [2.45, 2.75) is 50.0 Å². The van der Waals surface area contributed by atoms with Gasteiger partial charge in [0.1, 0.15) is 0 Å². The lowest BCUT2D eigenvalue weighted by atomic mass is 9.78. The summed E-state index contributed by atoms with van der Waals surface area (Å²) in [4.78, 5) is 0.357. The first kappa shape index (κ1) is 16.0. The molecule has 1 saturated carbocycles. The lowest BCUT2D eigenvalue weighted by Crippen LogP contribution is -2.52. The highest BCUT2D eigenvalue weighted by Gasteiger charge is 2.37. The number of alkyl halides is 1. The molecular weight excluding hydrogens is 338 g/mol. The quantitative estimate of drug-likeness (QED) is 0.834. The number of hydrogen-bond donors (Lipinski definition) is 1. The van der Waals surface area contributed by atoms with E-state index in [0.717, 1.165) is 24.8 Å². The molecule has 0 aromatic heterocycles. The summed E-state index contributed by atoms with van der Waals surface area (Å²) in [7, 11) is -3.46. The normalized spacial score (nSPS) is 27.4. The summed E-state index contributed by atoms with van der Waals surface area (Å²) in [6.07, 6.45) is 4.04. The van der Waals surface area contributed by atoms with Crippen LogP contribution in [0, 0.1) is 12.8 Å². The Balaban J connectivity index is 2.26. The predicted octanol–water partition coefficient (Wildman–Crippen LogP) is 3.62. The van der Waals surface area contributed by atoms with Crippen molar-refractivity contribution in [2.75, 3.05) is 5.33 Å². The molecule has 1 aliphatic rings. The van der Waals surface area contributed by atoms with Crippen LogP contribution < -0.4 is 4.72 Å². The van der Waals surface area contributed by atoms with E-state index >= 15 is 0 Å². The summed E-state index contributed by atoms with van der Waals surface area (Å²) < 4.78 is 28.1. The zero-order valence-electron chi connectivity index (χ0n) is 12.0. The molecule has 1 aromatic carbocycles. The molecule has 1 aromatic rings. The van der Waals surface area contributed by atoms with Crippen LogP contribution in [0.5, 0.6) is 0 Å². The summed E-state index contributed by atoms with van der Waals surface area (Å²) in [5.41, 5.74) is 0.609. The number of benzene rings is 1. The molecule has 0 aliphatic heterocycles. The van der Waals surface area contributed by atoms with E-state index < -0.39 is 10.0 Å². The van der Waals surface area contributed by atoms with Crippen LogP contribution in [0.15, 0.2) is 29.2 Å². The Morgan fingerprint density at radius 2 is 2.20 bits per heavy atom. The first-order valence-electron chi connectivity index (χ1n) is 7.03. The third-order valence-electron chi connectivity index (χ3n) is 4.00. The predicted molar refractivity (Wildman–Crippen MR) is 85.7 cm³/mol. The van der Waals surface area contributed by atoms with Crippen molar-refractivity contribution >= 4 is 26.0 Å². The second-order valence-corrected chi connectivity index (χ2v) is 8.28. The molecule has 2 atom stereocenters. The fourth-order valence-corrected chi connectivity index (χ4v) is 5.41. The highest BCUT2D eigenvalue weighted by molar-refractivity contribution is 9.09. The van der Waals surface area contributed by atoms with Crippen LogP contribution in [0.25, 0.3) is 0 Å². The molecule has 0 bridgehead atoms. The molecule has 1 fully saturated rings. The van der Waals surface area contributed by atoms with Crippen LogP contribution in [0.2, 0.25) is 0 Å². The van der Waals surface area contributed by atoms with E-state index in [-0.39, 0.29) is 5.54 Å². The minimum atomic E-state index is -3.46. The van der Waals surface area contributed by atoms with Crippen molar-refractivity contribution in [2.24, 2.45) is 5.92 Å². The van der Waals surface area contributed by atoms with Crippen molar-refractivity contribution in [3.05, 3.63) is 29.8 Å². The first-order valence-corrected chi connectivity index (χ1v) is 9.64. The topological polar surface area (TPSA) is 46.2 Å². The molecule has 112 valence electrons. The Bertz CT molecular complexity index is 573. The van der Waals surface area contributed by atoms with Gasteiger partial charge in [-0.3, -0.25) is 0 Å². The van der Waals surface area contributed by atoms with Crippen molar-refractivity contribution in [1.82, 2.24) is 4.72 Å². The third kappa shape index (κ3) is 3.62. The Morgan fingerprint density at radius 1 is 1.45 bits per heavy atom. The minimum absolute atomic E-state index is 0.347. The Morgan fingerprint density at radius 3 is 2.80 bits per heavy atom. The van der Waals surface area contributed by atoms with Gasteiger partial charge in [-0.05, 0) is 43.4 Å². The van der Waals surface area contributed by atoms with E-state index in [1.165, 1.54) is 6.42 Å². The number of hydrogen-bond acceptors (Lipinski definition) is 2. The van der Waals surface area contributed by atoms with Gasteiger partial charge in [0, 0.05) is 10.9 Å². The Labute approximate surface area is 130 Å². The maximum atomic E-state index is 12.6. The van der Waals surface area contributed by atoms with E-state index in [4.69, 9.17) is 0 Å². The molecule has 0 radical (unpaired) electrons. The molecule has 5 heteroatoms. The molecular formula is C15H22BrNO2S. The average molecular weight is 360 g/mol. The zero-order chi connectivity index (χ0) is 14.8. The van der Waals surface area contributed by atoms with Crippen molar-refractivity contribution in [3.8, 4) is 0 Å². The highest BCUT2D eigenvalue weighted by atomic mass is 79.9. The largest absolute Gasteiger partial charge is 0.241 e. The van der Waals surface area contributed by atoms with Gasteiger partial charge in [0.25, 0.3) is 0 Å². The first-order chi connectivity index (χ1) is 9.37. The van der Waals surface area contributed by atoms with E-state index in [1.54, 1.807) is 18.2 Å². The van der Waals surface area contributed by atoms with Gasteiger partial charge in [0.15, 0.2) is 0 Å². The molecule has 0 spiro atoms. The van der Waals surface area contributed by atoms with Gasteiger partial charge in [-0.25, -0.2) is 13.1 Å². The average Bonchev–Trinajstić information content (AvgIpc) is 2.38. The van der Waals surface area contributed by atoms with Gasteiger partial charge >= 0.3 is 0 Å². The minimum Gasteiger partial charge on any atom is -0.207 e. The second-order valence-electron chi connectivity index (χ2n) is 6.04. The molecule has 20 heavy (non-hydrogen) atoms. The van der Waals surface area contributed by atoms with Gasteiger partial charge in [-0.1, -0.05) is 47.8 Å². The fraction of sp³-hybridized carbons (Fsp3) is 0.600. The number of sulfonamides is 1. The summed E-state index contributed by atoms with van der Waals surface area (Å²) >= 11 is 3.51. The monoisotopic (exact) mass is 359 g/mol. The SMILES string of the molecule is Cc1cccc(S(=O)(=O)NC2(CBr)CCCC(C)C2)c1. The standard InChI is InChI=1S/C15H22BrNO2S/c1-12-5-3-7-14(9-12)20(18,19)17-15(11-16)8-4-6-13(2)10-15/h3,5,7,9,13,17H,4,6,8,10-11H2,1-2H3. The summed E-state index contributed by atoms with van der Waals surface area (Å²) in [5.74, 6) is 0.557. The summed E-state index contributed by atoms with van der Waals surface area (Å²) in [6, 6.07) is 7.07. The van der Waals surface area contributed by atoms with Crippen molar-refractivity contribution < 1.29 is 8.42 Å². The van der Waals surface area contributed by atoms with Crippen LogP contribution in [0.3, 0.4) is 0 Å². The van der Waals surface area contributed by atoms with Gasteiger partial charge in [-0.15, -0.1) is 0 Å². The van der Waals surface area contributed by atoms with Gasteiger partial charge < -0.3 is 0 Å². The fourth-order valence-electron chi connectivity index (χ4n) is 3.03. The van der Waals surface area contributed by atoms with Crippen LogP contribution in [0.4, 0.5) is 0 Å². The highest BCUT2D eigenvalue weighted by Crippen LogP contribution is 2.34. The van der Waals surface area contributed by atoms with Crippen molar-refractivity contribution in [1.29, 1.82) is 0 Å². The van der Waals surface area contributed by atoms with E-state index in [2.05, 4.69) is 27.6 Å². The lowest BCUT2D eigenvalue weighted by Gasteiger charge is -2.39. The zero-order valence-corrected chi connectivity index (χ0v) is 14.4. The molecule has 0 saturated heterocycles. The van der Waals surface area contributed by atoms with Gasteiger partial charge in [0.2, 0.25) is 10.0 Å². The van der Waals surface area contributed by atoms with Crippen LogP contribution in [-0.4, -0.2) is 19.3 Å². The van der Waals surface area contributed by atoms with Crippen LogP contribution in [0.1, 0.15) is 38.2 Å². The van der Waals surface area contributed by atoms with Gasteiger partial charge in [0.05, 0.1) is 4.90 Å². The second kappa shape index (κ2) is 6.16. The number of nitrogens with one attached hydrogen (secondary N) is 1. The van der Waals surface area contributed by atoms with Crippen LogP contribution in [-0.2, 0) is 10.0 Å². The van der Waals surface area contributed by atoms with E-state index in [0.29, 0.717) is 16.1 Å². The maximum Gasteiger partial charge on any atom is 0.241 e. The molecule has 3 nitrogen and oxygen atoms in total. The summed E-state index contributed by atoms with van der Waals surface area (Å²) in [6.45, 7) is 4.10. The molecule has 2 unspecified atom stereocenters. The van der Waals surface area contributed by atoms with E-state index in [9.17, 15) is 8.42 Å². The molecule has 0 heterocycles. The molecule has 1 N–H and O–H groups in total. The molecule has 2 rings (SSSR count). The van der Waals surface area contributed by atoms with Gasteiger partial charge in [-0.2, -0.15) is 0 Å². The molecule has 0 amide bonds. The lowest BCUT2D eigenvalue weighted by molar-refractivity contribution is 0.241. The number of aryl methyl sites for hydroxylation is 1. The van der Waals surface area contributed by atoms with Crippen molar-refractivity contribution in [3.63, 3.8) is 0 Å². The van der Waals surface area contributed by atoms with Crippen LogP contribution >= 0.6 is 15.9 Å². The number of rotatable bonds is 4. The van der Waals surface area contributed by atoms with E-state index in [1.807, 2.05) is 13.0 Å². The Kier molecular flexibility index (Phi) is 4.92. The molecule has 1 aliphatic carbocycles. The maximum absolute atomic E-state index is 12.6. The third-order valence-corrected chi connectivity index (χ3v) is 6.65. The summed E-state index contributed by atoms with van der Waals surface area (Å²) in [5, 5.41) is 0.662. The smallest absolute Gasteiger partial charge is 0.207 e.